The maximum absolute atomic E-state index is 14.7. The summed E-state index contributed by atoms with van der Waals surface area (Å²) in [6.45, 7) is 10.3. The number of furan rings is 1. The third-order valence-corrected chi connectivity index (χ3v) is 6.67. The first kappa shape index (κ1) is 24.4. The van der Waals surface area contributed by atoms with E-state index in [1.54, 1.807) is 7.11 Å². The monoisotopic (exact) mass is 485 g/mol. The Morgan fingerprint density at radius 2 is 1.97 bits per heavy atom. The van der Waals surface area contributed by atoms with Crippen LogP contribution in [0.1, 0.15) is 24.7 Å². The van der Waals surface area contributed by atoms with Crippen LogP contribution in [0.5, 0.6) is 5.75 Å². The molecule has 1 atom stereocenters. The Balaban J connectivity index is 1.23. The minimum Gasteiger partial charge on any atom is -0.493 e. The quantitative estimate of drug-likeness (QED) is 0.395. The Hall–Kier alpha value is -2.70. The van der Waals surface area contributed by atoms with Crippen LogP contribution in [0.2, 0.25) is 5.02 Å². The molecule has 5 nitrogen and oxygen atoms in total. The lowest BCUT2D eigenvalue weighted by Gasteiger charge is -2.37. The molecule has 3 aromatic rings. The number of hydrogen-bond acceptors (Lipinski definition) is 5. The number of nitrogens with zero attached hydrogens (tertiary/aromatic N) is 2. The Morgan fingerprint density at radius 1 is 1.21 bits per heavy atom. The maximum Gasteiger partial charge on any atom is 0.160 e. The van der Waals surface area contributed by atoms with E-state index in [0.717, 1.165) is 49.3 Å². The molecule has 2 aromatic carbocycles. The molecular formula is C27H33ClFN3O2. The Bertz CT molecular complexity index is 1090. The number of piperazine rings is 1. The highest BCUT2D eigenvalue weighted by molar-refractivity contribution is 6.32. The van der Waals surface area contributed by atoms with Gasteiger partial charge in [0.25, 0.3) is 0 Å². The molecule has 0 bridgehead atoms. The van der Waals surface area contributed by atoms with Crippen molar-refractivity contribution in [2.45, 2.75) is 25.9 Å². The van der Waals surface area contributed by atoms with Gasteiger partial charge in [-0.1, -0.05) is 43.3 Å². The molecule has 0 spiro atoms. The molecule has 4 rings (SSSR count). The molecule has 0 amide bonds. The number of para-hydroxylation sites is 1. The molecule has 1 N–H and O–H groups in total. The third-order valence-electron chi connectivity index (χ3n) is 6.38. The van der Waals surface area contributed by atoms with Crippen molar-refractivity contribution in [2.24, 2.45) is 0 Å². The Kier molecular flexibility index (Phi) is 8.01. The number of anilines is 1. The van der Waals surface area contributed by atoms with Gasteiger partial charge < -0.3 is 19.4 Å². The summed E-state index contributed by atoms with van der Waals surface area (Å²) >= 11 is 6.43. The number of methoxy groups -OCH3 is 1. The number of rotatable bonds is 10. The SMILES string of the molecule is C=C(NCCC(F)CN1CCN(c2cc(CC)cc(Cl)c2OC)CC1)c1cc2ccccc2o1. The van der Waals surface area contributed by atoms with Crippen molar-refractivity contribution in [2.75, 3.05) is 51.3 Å². The first-order valence-corrected chi connectivity index (χ1v) is 12.3. The van der Waals surface area contributed by atoms with E-state index < -0.39 is 6.17 Å². The second kappa shape index (κ2) is 11.2. The van der Waals surface area contributed by atoms with E-state index in [1.165, 1.54) is 5.56 Å². The van der Waals surface area contributed by atoms with E-state index in [0.29, 0.717) is 41.7 Å². The minimum atomic E-state index is -0.907. The lowest BCUT2D eigenvalue weighted by atomic mass is 10.1. The van der Waals surface area contributed by atoms with Gasteiger partial charge in [0.1, 0.15) is 11.8 Å². The summed E-state index contributed by atoms with van der Waals surface area (Å²) < 4.78 is 26.1. The van der Waals surface area contributed by atoms with Crippen LogP contribution in [-0.2, 0) is 6.42 Å². The topological polar surface area (TPSA) is 40.9 Å². The van der Waals surface area contributed by atoms with Crippen molar-refractivity contribution in [3.63, 3.8) is 0 Å². The van der Waals surface area contributed by atoms with E-state index in [9.17, 15) is 4.39 Å². The normalized spacial score (nSPS) is 15.5. The highest BCUT2D eigenvalue weighted by atomic mass is 35.5. The standard InChI is InChI=1S/C27H33ClFN3O2/c1-4-20-15-23(28)27(33-3)24(16-20)32-13-11-31(12-14-32)18-22(29)9-10-30-19(2)26-17-21-7-5-6-8-25(21)34-26/h5-8,15-17,22,30H,2,4,9-14,18H2,1,3H3. The molecular weight excluding hydrogens is 453 g/mol. The summed E-state index contributed by atoms with van der Waals surface area (Å²) in [5, 5.41) is 4.87. The zero-order valence-corrected chi connectivity index (χ0v) is 20.7. The van der Waals surface area contributed by atoms with Crippen LogP contribution in [0.3, 0.4) is 0 Å². The number of hydrogen-bond donors (Lipinski definition) is 1. The summed E-state index contributed by atoms with van der Waals surface area (Å²) in [4.78, 5) is 4.47. The van der Waals surface area contributed by atoms with Crippen LogP contribution in [-0.4, -0.2) is 57.4 Å². The molecule has 1 aliphatic rings. The molecule has 1 aromatic heterocycles. The molecule has 182 valence electrons. The first-order chi connectivity index (χ1) is 16.5. The summed E-state index contributed by atoms with van der Waals surface area (Å²) in [5.74, 6) is 1.40. The van der Waals surface area contributed by atoms with Crippen LogP contribution in [0.4, 0.5) is 10.1 Å². The van der Waals surface area contributed by atoms with E-state index in [1.807, 2.05) is 36.4 Å². The van der Waals surface area contributed by atoms with E-state index in [4.69, 9.17) is 20.8 Å². The molecule has 0 saturated carbocycles. The zero-order chi connectivity index (χ0) is 24.1. The number of benzene rings is 2. The summed E-state index contributed by atoms with van der Waals surface area (Å²) in [5.41, 5.74) is 3.71. The Morgan fingerprint density at radius 3 is 2.68 bits per heavy atom. The molecule has 34 heavy (non-hydrogen) atoms. The molecule has 1 saturated heterocycles. The zero-order valence-electron chi connectivity index (χ0n) is 19.9. The van der Waals surface area contributed by atoms with Crippen molar-refractivity contribution in [3.8, 4) is 5.75 Å². The number of ether oxygens (including phenoxy) is 1. The van der Waals surface area contributed by atoms with Crippen LogP contribution in [0, 0.1) is 0 Å². The fourth-order valence-corrected chi connectivity index (χ4v) is 4.73. The van der Waals surface area contributed by atoms with Gasteiger partial charge in [-0.25, -0.2) is 4.39 Å². The van der Waals surface area contributed by atoms with Crippen molar-refractivity contribution < 1.29 is 13.5 Å². The van der Waals surface area contributed by atoms with Crippen molar-refractivity contribution in [1.82, 2.24) is 10.2 Å². The summed E-state index contributed by atoms with van der Waals surface area (Å²) in [6.07, 6.45) is 0.424. The number of nitrogens with one attached hydrogen (secondary N) is 1. The minimum absolute atomic E-state index is 0.418. The van der Waals surface area contributed by atoms with Gasteiger partial charge in [0.2, 0.25) is 0 Å². The smallest absolute Gasteiger partial charge is 0.160 e. The highest BCUT2D eigenvalue weighted by Crippen LogP contribution is 2.37. The van der Waals surface area contributed by atoms with Gasteiger partial charge in [0.05, 0.1) is 23.5 Å². The number of aryl methyl sites for hydroxylation is 1. The van der Waals surface area contributed by atoms with Gasteiger partial charge in [-0.05, 0) is 42.7 Å². The van der Waals surface area contributed by atoms with Crippen molar-refractivity contribution in [1.29, 1.82) is 0 Å². The number of alkyl halides is 1. The van der Waals surface area contributed by atoms with Crippen LogP contribution >= 0.6 is 11.6 Å². The van der Waals surface area contributed by atoms with Gasteiger partial charge in [-0.15, -0.1) is 0 Å². The first-order valence-electron chi connectivity index (χ1n) is 11.9. The molecule has 1 fully saturated rings. The fourth-order valence-electron chi connectivity index (χ4n) is 4.41. The molecule has 2 heterocycles. The van der Waals surface area contributed by atoms with E-state index in [2.05, 4.69) is 34.7 Å². The Labute approximate surface area is 206 Å². The molecule has 7 heteroatoms. The average molecular weight is 486 g/mol. The number of fused-ring (bicyclic) bond motifs is 1. The van der Waals surface area contributed by atoms with E-state index in [-0.39, 0.29) is 0 Å². The largest absolute Gasteiger partial charge is 0.493 e. The molecule has 1 unspecified atom stereocenters. The molecule has 0 aliphatic carbocycles. The fraction of sp³-hybridized carbons (Fsp3) is 0.407. The van der Waals surface area contributed by atoms with Gasteiger partial charge in [-0.2, -0.15) is 0 Å². The van der Waals surface area contributed by atoms with E-state index >= 15 is 0 Å². The second-order valence-corrected chi connectivity index (χ2v) is 9.12. The van der Waals surface area contributed by atoms with Gasteiger partial charge in [-0.3, -0.25) is 4.90 Å². The van der Waals surface area contributed by atoms with Crippen molar-refractivity contribution in [3.05, 3.63) is 65.4 Å². The summed E-state index contributed by atoms with van der Waals surface area (Å²) in [7, 11) is 1.65. The maximum atomic E-state index is 14.7. The molecule has 1 aliphatic heterocycles. The van der Waals surface area contributed by atoms with Crippen LogP contribution in [0.15, 0.2) is 53.5 Å². The predicted octanol–water partition coefficient (Wildman–Crippen LogP) is 5.77. The molecule has 0 radical (unpaired) electrons. The third kappa shape index (κ3) is 5.68. The van der Waals surface area contributed by atoms with Gasteiger partial charge in [0.15, 0.2) is 11.5 Å². The average Bonchev–Trinajstić information content (AvgIpc) is 3.28. The van der Waals surface area contributed by atoms with Crippen LogP contribution < -0.4 is 15.0 Å². The lowest BCUT2D eigenvalue weighted by molar-refractivity contribution is 0.176. The summed E-state index contributed by atoms with van der Waals surface area (Å²) in [6, 6.07) is 13.9. The van der Waals surface area contributed by atoms with Gasteiger partial charge >= 0.3 is 0 Å². The predicted molar refractivity (Wildman–Crippen MR) is 139 cm³/mol. The van der Waals surface area contributed by atoms with Gasteiger partial charge in [0, 0.05) is 44.7 Å². The van der Waals surface area contributed by atoms with Crippen molar-refractivity contribution >= 4 is 34.0 Å². The highest BCUT2D eigenvalue weighted by Gasteiger charge is 2.23. The van der Waals surface area contributed by atoms with Crippen LogP contribution in [0.25, 0.3) is 16.7 Å². The lowest BCUT2D eigenvalue weighted by Crippen LogP contribution is -2.48. The number of halogens is 2. The second-order valence-electron chi connectivity index (χ2n) is 8.71.